The van der Waals surface area contributed by atoms with E-state index in [0.29, 0.717) is 36.1 Å². The summed E-state index contributed by atoms with van der Waals surface area (Å²) in [4.78, 5) is 0. The first-order chi connectivity index (χ1) is 12.1. The Morgan fingerprint density at radius 1 is 1.04 bits per heavy atom. The highest BCUT2D eigenvalue weighted by Crippen LogP contribution is 2.32. The van der Waals surface area contributed by atoms with Crippen molar-refractivity contribution < 1.29 is 22.6 Å². The highest BCUT2D eigenvalue weighted by atomic mass is 32.2. The maximum absolute atomic E-state index is 12.2. The highest BCUT2D eigenvalue weighted by molar-refractivity contribution is 7.92. The van der Waals surface area contributed by atoms with Gasteiger partial charge in [-0.05, 0) is 36.2 Å². The van der Waals surface area contributed by atoms with E-state index in [2.05, 4.69) is 11.6 Å². The van der Waals surface area contributed by atoms with Crippen LogP contribution in [0.3, 0.4) is 0 Å². The van der Waals surface area contributed by atoms with Crippen molar-refractivity contribution in [1.29, 1.82) is 0 Å². The van der Waals surface area contributed by atoms with E-state index in [4.69, 9.17) is 14.2 Å². The van der Waals surface area contributed by atoms with Crippen molar-refractivity contribution >= 4 is 15.7 Å². The number of sulfonamides is 1. The van der Waals surface area contributed by atoms with Gasteiger partial charge in [-0.25, -0.2) is 8.42 Å². The van der Waals surface area contributed by atoms with Gasteiger partial charge in [0.15, 0.2) is 11.5 Å². The number of benzene rings is 2. The molecule has 1 aliphatic rings. The van der Waals surface area contributed by atoms with Gasteiger partial charge in [0.05, 0.1) is 5.69 Å². The second-order valence-electron chi connectivity index (χ2n) is 5.63. The van der Waals surface area contributed by atoms with E-state index in [0.717, 1.165) is 6.42 Å². The quantitative estimate of drug-likeness (QED) is 0.819. The Morgan fingerprint density at radius 2 is 1.76 bits per heavy atom. The summed E-state index contributed by atoms with van der Waals surface area (Å²) in [6, 6.07) is 12.6. The Morgan fingerprint density at radius 3 is 2.48 bits per heavy atom. The van der Waals surface area contributed by atoms with Gasteiger partial charge < -0.3 is 14.2 Å². The van der Waals surface area contributed by atoms with Gasteiger partial charge in [-0.2, -0.15) is 0 Å². The van der Waals surface area contributed by atoms with Crippen molar-refractivity contribution in [2.45, 2.75) is 13.3 Å². The molecule has 0 saturated heterocycles. The predicted molar refractivity (Wildman–Crippen MR) is 96.2 cm³/mol. The molecule has 0 bridgehead atoms. The van der Waals surface area contributed by atoms with Gasteiger partial charge in [0.25, 0.3) is 0 Å². The first-order valence-electron chi connectivity index (χ1n) is 8.17. The molecule has 0 atom stereocenters. The fraction of sp³-hybridized carbons (Fsp3) is 0.333. The largest absolute Gasteiger partial charge is 0.492 e. The molecule has 3 rings (SSSR count). The predicted octanol–water partition coefficient (Wildman–Crippen LogP) is 2.84. The van der Waals surface area contributed by atoms with Crippen LogP contribution in [-0.2, 0) is 16.4 Å². The molecular formula is C18H21NO5S. The molecule has 1 heterocycles. The Kier molecular flexibility index (Phi) is 5.33. The molecule has 134 valence electrons. The van der Waals surface area contributed by atoms with Gasteiger partial charge in [-0.3, -0.25) is 4.72 Å². The van der Waals surface area contributed by atoms with E-state index >= 15 is 0 Å². The average molecular weight is 363 g/mol. The number of aryl methyl sites for hydroxylation is 1. The molecule has 0 radical (unpaired) electrons. The lowest BCUT2D eigenvalue weighted by Gasteiger charge is -2.19. The first kappa shape index (κ1) is 17.4. The summed E-state index contributed by atoms with van der Waals surface area (Å²) >= 11 is 0. The van der Waals surface area contributed by atoms with E-state index in [9.17, 15) is 8.42 Å². The van der Waals surface area contributed by atoms with Gasteiger partial charge in [0.2, 0.25) is 10.0 Å². The molecule has 2 aromatic carbocycles. The third-order valence-electron chi connectivity index (χ3n) is 3.77. The van der Waals surface area contributed by atoms with Crippen molar-refractivity contribution in [3.63, 3.8) is 0 Å². The van der Waals surface area contributed by atoms with Crippen LogP contribution in [0.15, 0.2) is 42.5 Å². The second kappa shape index (κ2) is 7.65. The van der Waals surface area contributed by atoms with Crippen LogP contribution < -0.4 is 18.9 Å². The van der Waals surface area contributed by atoms with Gasteiger partial charge >= 0.3 is 0 Å². The van der Waals surface area contributed by atoms with Crippen LogP contribution in [0.5, 0.6) is 17.2 Å². The molecule has 0 spiro atoms. The molecule has 1 aliphatic heterocycles. The molecule has 2 aromatic rings. The lowest BCUT2D eigenvalue weighted by Crippen LogP contribution is -2.21. The summed E-state index contributed by atoms with van der Waals surface area (Å²) in [5.41, 5.74) is 1.65. The summed E-state index contributed by atoms with van der Waals surface area (Å²) in [6.45, 7) is 3.10. The van der Waals surface area contributed by atoms with Crippen LogP contribution in [-0.4, -0.2) is 34.0 Å². The minimum Gasteiger partial charge on any atom is -0.492 e. The molecular weight excluding hydrogens is 342 g/mol. The second-order valence-corrected chi connectivity index (χ2v) is 7.47. The molecule has 0 amide bonds. The van der Waals surface area contributed by atoms with E-state index in [1.807, 2.05) is 24.3 Å². The van der Waals surface area contributed by atoms with Crippen LogP contribution in [0.4, 0.5) is 5.69 Å². The maximum atomic E-state index is 12.2. The average Bonchev–Trinajstić information content (AvgIpc) is 2.61. The van der Waals surface area contributed by atoms with Crippen molar-refractivity contribution in [3.8, 4) is 17.2 Å². The molecule has 25 heavy (non-hydrogen) atoms. The normalized spacial score (nSPS) is 13.3. The SMILES string of the molecule is CCc1ccc(OCCS(=O)(=O)Nc2ccc3c(c2)OCCO3)cc1. The van der Waals surface area contributed by atoms with E-state index in [1.54, 1.807) is 18.2 Å². The summed E-state index contributed by atoms with van der Waals surface area (Å²) in [6.07, 6.45) is 0.952. The molecule has 6 nitrogen and oxygen atoms in total. The molecule has 0 aliphatic carbocycles. The van der Waals surface area contributed by atoms with Crippen molar-refractivity contribution in [2.24, 2.45) is 0 Å². The minimum absolute atomic E-state index is 0.0748. The Hall–Kier alpha value is -2.41. The van der Waals surface area contributed by atoms with E-state index in [1.165, 1.54) is 5.56 Å². The smallest absolute Gasteiger partial charge is 0.236 e. The van der Waals surface area contributed by atoms with Crippen molar-refractivity contribution in [2.75, 3.05) is 30.3 Å². The maximum Gasteiger partial charge on any atom is 0.236 e. The minimum atomic E-state index is -3.52. The van der Waals surface area contributed by atoms with Crippen LogP contribution in [0.1, 0.15) is 12.5 Å². The fourth-order valence-corrected chi connectivity index (χ4v) is 3.32. The highest BCUT2D eigenvalue weighted by Gasteiger charge is 2.15. The fourth-order valence-electron chi connectivity index (χ4n) is 2.43. The van der Waals surface area contributed by atoms with Crippen LogP contribution in [0.25, 0.3) is 0 Å². The third kappa shape index (κ3) is 4.79. The van der Waals surface area contributed by atoms with E-state index in [-0.39, 0.29) is 12.4 Å². The molecule has 1 N–H and O–H groups in total. The molecule has 0 fully saturated rings. The summed E-state index contributed by atoms with van der Waals surface area (Å²) < 4.78 is 43.3. The molecule has 0 saturated carbocycles. The zero-order chi connectivity index (χ0) is 17.7. The summed E-state index contributed by atoms with van der Waals surface area (Å²) in [5.74, 6) is 1.68. The Bertz CT molecular complexity index is 818. The Labute approximate surface area is 147 Å². The van der Waals surface area contributed by atoms with Crippen LogP contribution >= 0.6 is 0 Å². The van der Waals surface area contributed by atoms with Gasteiger partial charge in [0.1, 0.15) is 31.3 Å². The molecule has 7 heteroatoms. The lowest BCUT2D eigenvalue weighted by atomic mass is 10.2. The van der Waals surface area contributed by atoms with Crippen molar-refractivity contribution in [3.05, 3.63) is 48.0 Å². The standard InChI is InChI=1S/C18H21NO5S/c1-2-14-3-6-16(7-4-14)22-11-12-25(20,21)19-15-5-8-17-18(13-15)24-10-9-23-17/h3-8,13,19H,2,9-12H2,1H3. The zero-order valence-electron chi connectivity index (χ0n) is 14.0. The van der Waals surface area contributed by atoms with Gasteiger partial charge in [0, 0.05) is 6.07 Å². The lowest BCUT2D eigenvalue weighted by molar-refractivity contribution is 0.171. The number of hydrogen-bond acceptors (Lipinski definition) is 5. The first-order valence-corrected chi connectivity index (χ1v) is 9.83. The topological polar surface area (TPSA) is 73.9 Å². The van der Waals surface area contributed by atoms with E-state index < -0.39 is 10.0 Å². The number of rotatable bonds is 7. The zero-order valence-corrected chi connectivity index (χ0v) is 14.8. The monoisotopic (exact) mass is 363 g/mol. The van der Waals surface area contributed by atoms with Gasteiger partial charge in [-0.15, -0.1) is 0 Å². The molecule has 0 aromatic heterocycles. The van der Waals surface area contributed by atoms with Crippen LogP contribution in [0, 0.1) is 0 Å². The summed E-state index contributed by atoms with van der Waals surface area (Å²) in [5, 5.41) is 0. The summed E-state index contributed by atoms with van der Waals surface area (Å²) in [7, 11) is -3.52. The van der Waals surface area contributed by atoms with Crippen LogP contribution in [0.2, 0.25) is 0 Å². The van der Waals surface area contributed by atoms with Crippen molar-refractivity contribution in [1.82, 2.24) is 0 Å². The third-order valence-corrected chi connectivity index (χ3v) is 5.02. The number of ether oxygens (including phenoxy) is 3. The number of anilines is 1. The Balaban J connectivity index is 1.54. The molecule has 0 unspecified atom stereocenters. The number of hydrogen-bond donors (Lipinski definition) is 1. The number of nitrogens with one attached hydrogen (secondary N) is 1. The van der Waals surface area contributed by atoms with Gasteiger partial charge in [-0.1, -0.05) is 19.1 Å². The number of fused-ring (bicyclic) bond motifs is 1.